The lowest BCUT2D eigenvalue weighted by Gasteiger charge is -2.36. The smallest absolute Gasteiger partial charge is 0.00673 e. The second-order valence-corrected chi connectivity index (χ2v) is 16.5. The van der Waals surface area contributed by atoms with Crippen molar-refractivity contribution in [1.29, 1.82) is 0 Å². The SMILES string of the molecule is Cc1cc(C(C)(C)C)cc(C(C)(C)CC(C)(C)CCCSCCCC(C)(C)CC(C)(C)C)c1. The Balaban J connectivity index is 2.51. The fourth-order valence-electron chi connectivity index (χ4n) is 5.93. The first-order chi connectivity index (χ1) is 14.7. The molecule has 0 bridgehead atoms. The van der Waals surface area contributed by atoms with Crippen LogP contribution in [0, 0.1) is 23.2 Å². The van der Waals surface area contributed by atoms with Gasteiger partial charge in [0.1, 0.15) is 0 Å². The van der Waals surface area contributed by atoms with Crippen molar-refractivity contribution in [3.63, 3.8) is 0 Å². The van der Waals surface area contributed by atoms with Crippen LogP contribution in [0.3, 0.4) is 0 Å². The first-order valence-electron chi connectivity index (χ1n) is 13.4. The van der Waals surface area contributed by atoms with Crippen LogP contribution in [0.15, 0.2) is 18.2 Å². The molecule has 0 spiro atoms. The number of rotatable bonds is 12. The summed E-state index contributed by atoms with van der Waals surface area (Å²) in [5, 5.41) is 0. The van der Waals surface area contributed by atoms with Gasteiger partial charge in [-0.3, -0.25) is 0 Å². The molecule has 0 amide bonds. The summed E-state index contributed by atoms with van der Waals surface area (Å²) >= 11 is 2.17. The van der Waals surface area contributed by atoms with Gasteiger partial charge in [-0.05, 0) is 95.2 Å². The van der Waals surface area contributed by atoms with Gasteiger partial charge in [-0.25, -0.2) is 0 Å². The maximum absolute atomic E-state index is 2.48. The Kier molecular flexibility index (Phi) is 10.7. The Hall–Kier alpha value is -0.430. The highest BCUT2D eigenvalue weighted by molar-refractivity contribution is 7.99. The molecule has 0 aromatic heterocycles. The molecular weight excluding hydrogens is 416 g/mol. The summed E-state index contributed by atoms with van der Waals surface area (Å²) in [7, 11) is 0. The van der Waals surface area contributed by atoms with Gasteiger partial charge in [0.2, 0.25) is 0 Å². The van der Waals surface area contributed by atoms with Crippen molar-refractivity contribution in [2.75, 3.05) is 11.5 Å². The highest BCUT2D eigenvalue weighted by Crippen LogP contribution is 2.41. The van der Waals surface area contributed by atoms with E-state index in [2.05, 4.69) is 120 Å². The third kappa shape index (κ3) is 12.2. The summed E-state index contributed by atoms with van der Waals surface area (Å²) in [5.74, 6) is 2.63. The van der Waals surface area contributed by atoms with Crippen LogP contribution in [0.2, 0.25) is 0 Å². The Morgan fingerprint density at radius 1 is 0.606 bits per heavy atom. The monoisotopic (exact) mass is 474 g/mol. The van der Waals surface area contributed by atoms with Gasteiger partial charge in [-0.15, -0.1) is 0 Å². The summed E-state index contributed by atoms with van der Waals surface area (Å²) in [4.78, 5) is 0. The molecule has 1 rings (SSSR count). The van der Waals surface area contributed by atoms with Gasteiger partial charge in [0.15, 0.2) is 0 Å². The third-order valence-electron chi connectivity index (χ3n) is 6.94. The molecular formula is C32H58S. The number of aryl methyl sites for hydroxylation is 1. The zero-order valence-electron chi connectivity index (χ0n) is 24.8. The molecule has 0 unspecified atom stereocenters. The largest absolute Gasteiger partial charge is 0.162 e. The predicted octanol–water partition coefficient (Wildman–Crippen LogP) is 10.7. The molecule has 0 aliphatic rings. The van der Waals surface area contributed by atoms with Gasteiger partial charge in [-0.2, -0.15) is 11.8 Å². The lowest BCUT2D eigenvalue weighted by molar-refractivity contribution is 0.198. The average Bonchev–Trinajstić information content (AvgIpc) is 2.56. The molecule has 0 aliphatic carbocycles. The maximum Gasteiger partial charge on any atom is -0.00673 e. The minimum atomic E-state index is 0.196. The van der Waals surface area contributed by atoms with Crippen LogP contribution in [0.5, 0.6) is 0 Å². The van der Waals surface area contributed by atoms with Crippen LogP contribution >= 0.6 is 11.8 Å². The van der Waals surface area contributed by atoms with Crippen molar-refractivity contribution < 1.29 is 0 Å². The first-order valence-corrected chi connectivity index (χ1v) is 14.6. The van der Waals surface area contributed by atoms with E-state index in [9.17, 15) is 0 Å². The predicted molar refractivity (Wildman–Crippen MR) is 155 cm³/mol. The zero-order valence-corrected chi connectivity index (χ0v) is 25.6. The summed E-state index contributed by atoms with van der Waals surface area (Å²) in [6.07, 6.45) is 7.90. The summed E-state index contributed by atoms with van der Waals surface area (Å²) in [6.45, 7) is 31.1. The molecule has 1 heteroatoms. The molecule has 0 saturated carbocycles. The fraction of sp³-hybridized carbons (Fsp3) is 0.812. The van der Waals surface area contributed by atoms with Crippen molar-refractivity contribution in [2.45, 2.75) is 139 Å². The molecule has 0 fully saturated rings. The summed E-state index contributed by atoms with van der Waals surface area (Å²) in [6, 6.07) is 7.26. The number of thioether (sulfide) groups is 1. The van der Waals surface area contributed by atoms with Crippen LogP contribution in [0.25, 0.3) is 0 Å². The van der Waals surface area contributed by atoms with Crippen LogP contribution in [0.1, 0.15) is 138 Å². The Morgan fingerprint density at radius 3 is 1.52 bits per heavy atom. The lowest BCUT2D eigenvalue weighted by atomic mass is 9.69. The molecule has 0 radical (unpaired) electrons. The highest BCUT2D eigenvalue weighted by Gasteiger charge is 2.31. The molecule has 33 heavy (non-hydrogen) atoms. The second kappa shape index (κ2) is 11.5. The second-order valence-electron chi connectivity index (χ2n) is 15.3. The van der Waals surface area contributed by atoms with Crippen LogP contribution in [-0.4, -0.2) is 11.5 Å². The van der Waals surface area contributed by atoms with Crippen molar-refractivity contribution in [1.82, 2.24) is 0 Å². The van der Waals surface area contributed by atoms with Crippen molar-refractivity contribution >= 4 is 11.8 Å². The Bertz CT molecular complexity index is 722. The highest BCUT2D eigenvalue weighted by atomic mass is 32.2. The van der Waals surface area contributed by atoms with E-state index < -0.39 is 0 Å². The van der Waals surface area contributed by atoms with Crippen LogP contribution < -0.4 is 0 Å². The van der Waals surface area contributed by atoms with Gasteiger partial charge < -0.3 is 0 Å². The van der Waals surface area contributed by atoms with Gasteiger partial charge in [0.25, 0.3) is 0 Å². The lowest BCUT2D eigenvalue weighted by Crippen LogP contribution is -2.27. The minimum Gasteiger partial charge on any atom is -0.162 e. The molecule has 1 aromatic rings. The van der Waals surface area contributed by atoms with Gasteiger partial charge in [-0.1, -0.05) is 107 Å². The number of benzene rings is 1. The van der Waals surface area contributed by atoms with E-state index in [-0.39, 0.29) is 10.8 Å². The normalized spacial score (nSPS) is 14.1. The van der Waals surface area contributed by atoms with E-state index >= 15 is 0 Å². The summed E-state index contributed by atoms with van der Waals surface area (Å²) < 4.78 is 0. The van der Waals surface area contributed by atoms with E-state index in [1.807, 2.05) is 0 Å². The van der Waals surface area contributed by atoms with Crippen molar-refractivity contribution in [3.05, 3.63) is 34.9 Å². The topological polar surface area (TPSA) is 0 Å². The minimum absolute atomic E-state index is 0.196. The number of hydrogen-bond acceptors (Lipinski definition) is 1. The Morgan fingerprint density at radius 2 is 1.06 bits per heavy atom. The molecule has 192 valence electrons. The summed E-state index contributed by atoms with van der Waals surface area (Å²) in [5.41, 5.74) is 6.03. The van der Waals surface area contributed by atoms with E-state index in [1.165, 1.54) is 66.7 Å². The first kappa shape index (κ1) is 30.6. The molecule has 0 saturated heterocycles. The van der Waals surface area contributed by atoms with Crippen molar-refractivity contribution in [3.8, 4) is 0 Å². The maximum atomic E-state index is 2.48. The van der Waals surface area contributed by atoms with E-state index in [4.69, 9.17) is 0 Å². The van der Waals surface area contributed by atoms with Gasteiger partial charge in [0, 0.05) is 0 Å². The van der Waals surface area contributed by atoms with Crippen LogP contribution in [-0.2, 0) is 10.8 Å². The zero-order chi connectivity index (χ0) is 25.7. The molecule has 0 heterocycles. The molecule has 0 N–H and O–H groups in total. The number of hydrogen-bond donors (Lipinski definition) is 0. The molecule has 0 aliphatic heterocycles. The van der Waals surface area contributed by atoms with E-state index in [1.54, 1.807) is 0 Å². The quantitative estimate of drug-likeness (QED) is 0.271. The van der Waals surface area contributed by atoms with E-state index in [0.717, 1.165) is 0 Å². The van der Waals surface area contributed by atoms with Crippen molar-refractivity contribution in [2.24, 2.45) is 16.2 Å². The Labute approximate surface area is 213 Å². The molecule has 1 aromatic carbocycles. The third-order valence-corrected chi connectivity index (χ3v) is 8.09. The molecule has 0 nitrogen and oxygen atoms in total. The van der Waals surface area contributed by atoms with Gasteiger partial charge >= 0.3 is 0 Å². The standard InChI is InChI=1S/C32H58S/c1-25-20-26(29(5,6)7)22-27(21-25)32(12,13)24-31(10,11)17-15-19-33-18-14-16-30(8,9)23-28(2,3)4/h20-22H,14-19,23-24H2,1-13H3. The average molecular weight is 475 g/mol. The van der Waals surface area contributed by atoms with Crippen LogP contribution in [0.4, 0.5) is 0 Å². The van der Waals surface area contributed by atoms with E-state index in [0.29, 0.717) is 16.2 Å². The molecule has 0 atom stereocenters. The van der Waals surface area contributed by atoms with Gasteiger partial charge in [0.05, 0.1) is 0 Å². The fourth-order valence-corrected chi connectivity index (χ4v) is 6.83.